The van der Waals surface area contributed by atoms with E-state index in [1.807, 2.05) is 12.1 Å². The highest BCUT2D eigenvalue weighted by Crippen LogP contribution is 2.22. The van der Waals surface area contributed by atoms with Gasteiger partial charge in [-0.2, -0.15) is 4.99 Å². The normalized spacial score (nSPS) is 27.0. The molecule has 2 heterocycles. The van der Waals surface area contributed by atoms with E-state index in [-0.39, 0.29) is 5.91 Å². The summed E-state index contributed by atoms with van der Waals surface area (Å²) >= 11 is 0. The molecule has 1 aliphatic heterocycles. The number of fused-ring (bicyclic) bond motifs is 1. The van der Waals surface area contributed by atoms with Crippen LogP contribution in [-0.2, 0) is 9.53 Å². The minimum absolute atomic E-state index is 0.296. The molecule has 1 unspecified atom stereocenters. The first-order valence-electron chi connectivity index (χ1n) is 4.22. The SMILES string of the molecule is O=C1N=COC12C=c1cccnc1=C2. The first-order chi connectivity index (χ1) is 6.80. The van der Waals surface area contributed by atoms with Crippen LogP contribution in [0.3, 0.4) is 0 Å². The summed E-state index contributed by atoms with van der Waals surface area (Å²) in [6, 6.07) is 3.71. The molecule has 0 N–H and O–H groups in total. The molecule has 0 saturated heterocycles. The Hall–Kier alpha value is -1.97. The Balaban J connectivity index is 2.28. The van der Waals surface area contributed by atoms with Crippen molar-refractivity contribution >= 4 is 24.5 Å². The number of aliphatic imine (C=N–C) groups is 1. The highest BCUT2D eigenvalue weighted by molar-refractivity contribution is 6.07. The third-order valence-electron chi connectivity index (χ3n) is 2.34. The summed E-state index contributed by atoms with van der Waals surface area (Å²) in [5.41, 5.74) is -1.02. The number of carbonyl (C=O) groups is 1. The number of ether oxygens (including phenoxy) is 1. The van der Waals surface area contributed by atoms with Crippen molar-refractivity contribution in [2.75, 3.05) is 0 Å². The number of rotatable bonds is 0. The smallest absolute Gasteiger partial charge is 0.300 e. The van der Waals surface area contributed by atoms with E-state index >= 15 is 0 Å². The Morgan fingerprint density at radius 2 is 2.29 bits per heavy atom. The number of carbonyl (C=O) groups excluding carboxylic acids is 1. The zero-order chi connectivity index (χ0) is 9.60. The summed E-state index contributed by atoms with van der Waals surface area (Å²) in [6.45, 7) is 0. The van der Waals surface area contributed by atoms with E-state index in [0.29, 0.717) is 0 Å². The van der Waals surface area contributed by atoms with E-state index in [9.17, 15) is 4.79 Å². The highest BCUT2D eigenvalue weighted by Gasteiger charge is 2.41. The fourth-order valence-electron chi connectivity index (χ4n) is 1.65. The van der Waals surface area contributed by atoms with Crippen LogP contribution < -0.4 is 10.6 Å². The monoisotopic (exact) mass is 186 g/mol. The molecule has 14 heavy (non-hydrogen) atoms. The Kier molecular flexibility index (Phi) is 1.21. The van der Waals surface area contributed by atoms with E-state index in [1.165, 1.54) is 6.40 Å². The molecule has 4 heteroatoms. The molecule has 3 rings (SSSR count). The van der Waals surface area contributed by atoms with Crippen molar-refractivity contribution in [3.8, 4) is 0 Å². The minimum atomic E-state index is -1.02. The van der Waals surface area contributed by atoms with Crippen molar-refractivity contribution in [3.05, 3.63) is 28.9 Å². The predicted octanol–water partition coefficient (Wildman–Crippen LogP) is -1.02. The van der Waals surface area contributed by atoms with Crippen LogP contribution >= 0.6 is 0 Å². The molecule has 0 bridgehead atoms. The van der Waals surface area contributed by atoms with E-state index in [1.54, 1.807) is 18.3 Å². The number of nitrogens with zero attached hydrogens (tertiary/aromatic N) is 2. The van der Waals surface area contributed by atoms with Gasteiger partial charge in [0.2, 0.25) is 5.60 Å². The molecule has 1 aromatic heterocycles. The maximum atomic E-state index is 11.5. The fourth-order valence-corrected chi connectivity index (χ4v) is 1.65. The summed E-state index contributed by atoms with van der Waals surface area (Å²) < 4.78 is 5.20. The third-order valence-corrected chi connectivity index (χ3v) is 2.34. The summed E-state index contributed by atoms with van der Waals surface area (Å²) in [5, 5.41) is 1.68. The highest BCUT2D eigenvalue weighted by atomic mass is 16.5. The standard InChI is InChI=1S/C10H6N2O2/c13-9-10(14-6-12-9)4-7-2-1-3-11-8(7)5-10/h1-6H. The van der Waals surface area contributed by atoms with Gasteiger partial charge in [-0.25, -0.2) is 0 Å². The van der Waals surface area contributed by atoms with Crippen molar-refractivity contribution in [2.45, 2.75) is 5.60 Å². The van der Waals surface area contributed by atoms with Crippen LogP contribution in [0.15, 0.2) is 23.3 Å². The topological polar surface area (TPSA) is 51.5 Å². The van der Waals surface area contributed by atoms with E-state index in [0.717, 1.165) is 10.6 Å². The van der Waals surface area contributed by atoms with Gasteiger partial charge in [0.1, 0.15) is 0 Å². The molecule has 68 valence electrons. The van der Waals surface area contributed by atoms with Gasteiger partial charge in [-0.3, -0.25) is 9.78 Å². The Bertz CT molecular complexity index is 525. The molecule has 0 fully saturated rings. The first-order valence-corrected chi connectivity index (χ1v) is 4.22. The summed E-state index contributed by atoms with van der Waals surface area (Å²) in [4.78, 5) is 19.2. The van der Waals surface area contributed by atoms with Gasteiger partial charge in [-0.05, 0) is 18.2 Å². The number of pyridine rings is 1. The second-order valence-corrected chi connectivity index (χ2v) is 3.22. The van der Waals surface area contributed by atoms with Crippen LogP contribution in [0.5, 0.6) is 0 Å². The molecule has 4 nitrogen and oxygen atoms in total. The zero-order valence-electron chi connectivity index (χ0n) is 7.18. The van der Waals surface area contributed by atoms with Gasteiger partial charge in [0.25, 0.3) is 0 Å². The molecule has 1 spiro atoms. The maximum Gasteiger partial charge on any atom is 0.300 e. The lowest BCUT2D eigenvalue weighted by Gasteiger charge is -2.12. The Morgan fingerprint density at radius 1 is 1.36 bits per heavy atom. The summed E-state index contributed by atoms with van der Waals surface area (Å²) in [6.07, 6.45) is 6.30. The summed E-state index contributed by atoms with van der Waals surface area (Å²) in [5.74, 6) is -0.296. The first kappa shape index (κ1) is 7.44. The van der Waals surface area contributed by atoms with Crippen LogP contribution in [0.25, 0.3) is 12.2 Å². The second kappa shape index (κ2) is 2.29. The lowest BCUT2D eigenvalue weighted by Crippen LogP contribution is -2.29. The van der Waals surface area contributed by atoms with Gasteiger partial charge in [-0.15, -0.1) is 0 Å². The average molecular weight is 186 g/mol. The number of amides is 1. The van der Waals surface area contributed by atoms with Gasteiger partial charge in [0.05, 0.1) is 5.35 Å². The van der Waals surface area contributed by atoms with Crippen molar-refractivity contribution in [1.82, 2.24) is 4.98 Å². The fraction of sp³-hybridized carbons (Fsp3) is 0.100. The quantitative estimate of drug-likeness (QED) is 0.521. The predicted molar refractivity (Wildman–Crippen MR) is 49.7 cm³/mol. The summed E-state index contributed by atoms with van der Waals surface area (Å²) in [7, 11) is 0. The Morgan fingerprint density at radius 3 is 3.00 bits per heavy atom. The molecule has 0 aromatic carbocycles. The van der Waals surface area contributed by atoms with Gasteiger partial charge < -0.3 is 4.74 Å². The molecule has 2 aliphatic rings. The lowest BCUT2D eigenvalue weighted by atomic mass is 10.1. The van der Waals surface area contributed by atoms with E-state index in [2.05, 4.69) is 9.98 Å². The largest absolute Gasteiger partial charge is 0.458 e. The lowest BCUT2D eigenvalue weighted by molar-refractivity contribution is -0.122. The maximum absolute atomic E-state index is 11.5. The van der Waals surface area contributed by atoms with Crippen molar-refractivity contribution in [3.63, 3.8) is 0 Å². The Labute approximate surface area is 79.3 Å². The minimum Gasteiger partial charge on any atom is -0.458 e. The third kappa shape index (κ3) is 0.797. The molecule has 1 aliphatic carbocycles. The van der Waals surface area contributed by atoms with E-state index < -0.39 is 5.60 Å². The molecule has 1 atom stereocenters. The molecule has 0 radical (unpaired) electrons. The van der Waals surface area contributed by atoms with Crippen LogP contribution in [0.1, 0.15) is 0 Å². The number of aromatic nitrogens is 1. The van der Waals surface area contributed by atoms with E-state index in [4.69, 9.17) is 4.74 Å². The molecular weight excluding hydrogens is 180 g/mol. The average Bonchev–Trinajstić information content (AvgIpc) is 2.71. The molecule has 1 amide bonds. The van der Waals surface area contributed by atoms with Crippen LogP contribution in [0.2, 0.25) is 0 Å². The second-order valence-electron chi connectivity index (χ2n) is 3.22. The zero-order valence-corrected chi connectivity index (χ0v) is 7.18. The number of hydrogen-bond donors (Lipinski definition) is 0. The van der Waals surface area contributed by atoms with Crippen LogP contribution in [0.4, 0.5) is 0 Å². The van der Waals surface area contributed by atoms with Gasteiger partial charge in [0, 0.05) is 11.4 Å². The van der Waals surface area contributed by atoms with Crippen LogP contribution in [-0.4, -0.2) is 22.9 Å². The number of hydrogen-bond acceptors (Lipinski definition) is 3. The van der Waals surface area contributed by atoms with Crippen LogP contribution in [0, 0.1) is 0 Å². The van der Waals surface area contributed by atoms with Gasteiger partial charge >= 0.3 is 5.91 Å². The van der Waals surface area contributed by atoms with Crippen molar-refractivity contribution in [1.29, 1.82) is 0 Å². The van der Waals surface area contributed by atoms with Crippen molar-refractivity contribution in [2.24, 2.45) is 4.99 Å². The molecular formula is C10H6N2O2. The molecule has 1 aromatic rings. The molecule has 0 saturated carbocycles. The van der Waals surface area contributed by atoms with Crippen molar-refractivity contribution < 1.29 is 9.53 Å². The van der Waals surface area contributed by atoms with Gasteiger partial charge in [0.15, 0.2) is 6.40 Å². The van der Waals surface area contributed by atoms with Gasteiger partial charge in [-0.1, -0.05) is 6.07 Å².